The molecule has 4 heteroatoms. The fourth-order valence-electron chi connectivity index (χ4n) is 1.87. The maximum atomic E-state index is 4.41. The number of aryl methyl sites for hydroxylation is 1. The van der Waals surface area contributed by atoms with Crippen LogP contribution in [0.2, 0.25) is 0 Å². The Kier molecular flexibility index (Phi) is 3.37. The van der Waals surface area contributed by atoms with Gasteiger partial charge in [-0.2, -0.15) is 9.78 Å². The molecule has 4 nitrogen and oxygen atoms in total. The molecule has 1 heterocycles. The first-order valence-corrected chi connectivity index (χ1v) is 6.39. The van der Waals surface area contributed by atoms with Gasteiger partial charge in [0.2, 0.25) is 0 Å². The van der Waals surface area contributed by atoms with E-state index in [0.717, 1.165) is 17.0 Å². The fourth-order valence-corrected chi connectivity index (χ4v) is 1.87. The molecule has 0 aliphatic rings. The van der Waals surface area contributed by atoms with E-state index in [1.165, 1.54) is 5.56 Å². The van der Waals surface area contributed by atoms with Crippen LogP contribution in [0, 0.1) is 6.92 Å². The van der Waals surface area contributed by atoms with Crippen molar-refractivity contribution in [3.8, 4) is 11.4 Å². The molecule has 20 heavy (non-hydrogen) atoms. The molecule has 0 bridgehead atoms. The number of rotatable bonds is 3. The molecular weight excluding hydrogens is 248 g/mol. The summed E-state index contributed by atoms with van der Waals surface area (Å²) < 4.78 is 1.68. The quantitative estimate of drug-likeness (QED) is 0.680. The second-order valence-electron chi connectivity index (χ2n) is 4.52. The number of aromatic nitrogens is 3. The molecule has 3 aromatic rings. The van der Waals surface area contributed by atoms with Crippen LogP contribution in [-0.4, -0.2) is 21.1 Å². The minimum Gasteiger partial charge on any atom is -0.200 e. The van der Waals surface area contributed by atoms with Crippen LogP contribution in [0.3, 0.4) is 0 Å². The lowest BCUT2D eigenvalue weighted by atomic mass is 10.2. The van der Waals surface area contributed by atoms with E-state index < -0.39 is 0 Å². The van der Waals surface area contributed by atoms with Gasteiger partial charge in [-0.3, -0.25) is 0 Å². The SMILES string of the molecule is Cc1ccc(/C=N\n2cnnc2-c2ccccc2)cc1. The van der Waals surface area contributed by atoms with Gasteiger partial charge in [-0.15, -0.1) is 10.2 Å². The molecule has 0 atom stereocenters. The Balaban J connectivity index is 1.89. The highest BCUT2D eigenvalue weighted by Crippen LogP contribution is 2.15. The molecule has 0 saturated heterocycles. The van der Waals surface area contributed by atoms with Gasteiger partial charge in [0.15, 0.2) is 5.82 Å². The van der Waals surface area contributed by atoms with Crippen LogP contribution in [0.5, 0.6) is 0 Å². The Labute approximate surface area is 117 Å². The molecule has 3 rings (SSSR count). The highest BCUT2D eigenvalue weighted by molar-refractivity contribution is 5.79. The van der Waals surface area contributed by atoms with Crippen LogP contribution in [0.15, 0.2) is 66.0 Å². The van der Waals surface area contributed by atoms with Crippen molar-refractivity contribution in [3.63, 3.8) is 0 Å². The maximum absolute atomic E-state index is 4.41. The summed E-state index contributed by atoms with van der Waals surface area (Å²) in [4.78, 5) is 0. The van der Waals surface area contributed by atoms with E-state index in [2.05, 4.69) is 34.4 Å². The highest BCUT2D eigenvalue weighted by atomic mass is 15.4. The second kappa shape index (κ2) is 5.48. The molecular formula is C16H14N4. The van der Waals surface area contributed by atoms with Gasteiger partial charge in [-0.25, -0.2) is 0 Å². The summed E-state index contributed by atoms with van der Waals surface area (Å²) in [5.41, 5.74) is 3.27. The summed E-state index contributed by atoms with van der Waals surface area (Å²) in [7, 11) is 0. The largest absolute Gasteiger partial charge is 0.200 e. The van der Waals surface area contributed by atoms with Crippen molar-refractivity contribution < 1.29 is 0 Å². The monoisotopic (exact) mass is 262 g/mol. The van der Waals surface area contributed by atoms with Gasteiger partial charge >= 0.3 is 0 Å². The van der Waals surface area contributed by atoms with Gasteiger partial charge in [-0.1, -0.05) is 60.2 Å². The van der Waals surface area contributed by atoms with E-state index in [-0.39, 0.29) is 0 Å². The molecule has 0 N–H and O–H groups in total. The van der Waals surface area contributed by atoms with E-state index >= 15 is 0 Å². The summed E-state index contributed by atoms with van der Waals surface area (Å²) >= 11 is 0. The third-order valence-corrected chi connectivity index (χ3v) is 2.97. The summed E-state index contributed by atoms with van der Waals surface area (Å²) in [5, 5.41) is 12.4. The first-order chi connectivity index (χ1) is 9.83. The fraction of sp³-hybridized carbons (Fsp3) is 0.0625. The molecule has 2 aromatic carbocycles. The van der Waals surface area contributed by atoms with E-state index in [9.17, 15) is 0 Å². The Morgan fingerprint density at radius 2 is 1.75 bits per heavy atom. The van der Waals surface area contributed by atoms with E-state index in [1.807, 2.05) is 42.5 Å². The average molecular weight is 262 g/mol. The molecule has 0 saturated carbocycles. The Hall–Kier alpha value is -2.75. The van der Waals surface area contributed by atoms with Crippen molar-refractivity contribution in [2.45, 2.75) is 6.92 Å². The number of nitrogens with zero attached hydrogens (tertiary/aromatic N) is 4. The summed E-state index contributed by atoms with van der Waals surface area (Å²) in [6.07, 6.45) is 3.41. The van der Waals surface area contributed by atoms with Crippen molar-refractivity contribution in [3.05, 3.63) is 72.1 Å². The second-order valence-corrected chi connectivity index (χ2v) is 4.52. The Morgan fingerprint density at radius 3 is 2.50 bits per heavy atom. The van der Waals surface area contributed by atoms with E-state index in [1.54, 1.807) is 17.2 Å². The normalized spacial score (nSPS) is 11.1. The van der Waals surface area contributed by atoms with Gasteiger partial charge in [0.05, 0.1) is 6.21 Å². The zero-order valence-corrected chi connectivity index (χ0v) is 11.1. The lowest BCUT2D eigenvalue weighted by Crippen LogP contribution is -1.93. The zero-order valence-electron chi connectivity index (χ0n) is 11.1. The highest BCUT2D eigenvalue weighted by Gasteiger charge is 2.04. The molecule has 0 aliphatic heterocycles. The molecule has 1 aromatic heterocycles. The van der Waals surface area contributed by atoms with Crippen molar-refractivity contribution in [1.82, 2.24) is 14.9 Å². The predicted octanol–water partition coefficient (Wildman–Crippen LogP) is 3.14. The minimum atomic E-state index is 0.731. The molecule has 0 unspecified atom stereocenters. The van der Waals surface area contributed by atoms with Crippen LogP contribution in [-0.2, 0) is 0 Å². The molecule has 0 fully saturated rings. The van der Waals surface area contributed by atoms with E-state index in [4.69, 9.17) is 0 Å². The summed E-state index contributed by atoms with van der Waals surface area (Å²) in [6, 6.07) is 18.1. The predicted molar refractivity (Wildman–Crippen MR) is 79.6 cm³/mol. The molecule has 0 spiro atoms. The van der Waals surface area contributed by atoms with Crippen molar-refractivity contribution >= 4 is 6.21 Å². The van der Waals surface area contributed by atoms with Gasteiger partial charge in [0, 0.05) is 5.56 Å². The standard InChI is InChI=1S/C16H14N4/c1-13-7-9-14(10-8-13)11-18-20-12-17-19-16(20)15-5-3-2-4-6-15/h2-12H,1H3/b18-11-. The lowest BCUT2D eigenvalue weighted by Gasteiger charge is -2.00. The van der Waals surface area contributed by atoms with Crippen LogP contribution < -0.4 is 0 Å². The first-order valence-electron chi connectivity index (χ1n) is 6.39. The smallest absolute Gasteiger partial charge is 0.184 e. The third-order valence-electron chi connectivity index (χ3n) is 2.97. The lowest BCUT2D eigenvalue weighted by molar-refractivity contribution is 0.888. The maximum Gasteiger partial charge on any atom is 0.184 e. The van der Waals surface area contributed by atoms with Crippen LogP contribution in [0.4, 0.5) is 0 Å². The zero-order chi connectivity index (χ0) is 13.8. The number of hydrogen-bond acceptors (Lipinski definition) is 3. The van der Waals surface area contributed by atoms with Crippen LogP contribution >= 0.6 is 0 Å². The van der Waals surface area contributed by atoms with Crippen molar-refractivity contribution in [2.75, 3.05) is 0 Å². The van der Waals surface area contributed by atoms with Crippen molar-refractivity contribution in [1.29, 1.82) is 0 Å². The number of hydrogen-bond donors (Lipinski definition) is 0. The average Bonchev–Trinajstić information content (AvgIpc) is 2.96. The van der Waals surface area contributed by atoms with E-state index in [0.29, 0.717) is 0 Å². The summed E-state index contributed by atoms with van der Waals surface area (Å²) in [6.45, 7) is 2.06. The molecule has 98 valence electrons. The van der Waals surface area contributed by atoms with Gasteiger partial charge in [0.25, 0.3) is 0 Å². The van der Waals surface area contributed by atoms with Crippen LogP contribution in [0.25, 0.3) is 11.4 Å². The first kappa shape index (κ1) is 12.3. The number of benzene rings is 2. The Morgan fingerprint density at radius 1 is 1.00 bits per heavy atom. The molecule has 0 amide bonds. The molecule has 0 radical (unpaired) electrons. The summed E-state index contributed by atoms with van der Waals surface area (Å²) in [5.74, 6) is 0.731. The van der Waals surface area contributed by atoms with Crippen LogP contribution in [0.1, 0.15) is 11.1 Å². The Bertz CT molecular complexity index is 712. The molecule has 0 aliphatic carbocycles. The third kappa shape index (κ3) is 2.64. The van der Waals surface area contributed by atoms with Gasteiger partial charge in [0.1, 0.15) is 6.33 Å². The van der Waals surface area contributed by atoms with Crippen molar-refractivity contribution in [2.24, 2.45) is 5.10 Å². The minimum absolute atomic E-state index is 0.731. The van der Waals surface area contributed by atoms with Gasteiger partial charge < -0.3 is 0 Å². The van der Waals surface area contributed by atoms with Gasteiger partial charge in [-0.05, 0) is 12.5 Å². The topological polar surface area (TPSA) is 43.1 Å².